The van der Waals surface area contributed by atoms with Crippen molar-refractivity contribution in [3.05, 3.63) is 11.9 Å². The third kappa shape index (κ3) is 3.53. The molecule has 0 aliphatic carbocycles. The van der Waals surface area contributed by atoms with Crippen molar-refractivity contribution in [1.82, 2.24) is 9.80 Å². The van der Waals surface area contributed by atoms with Gasteiger partial charge in [-0.3, -0.25) is 9.69 Å². The first-order valence-electron chi connectivity index (χ1n) is 6.69. The highest BCUT2D eigenvalue weighted by Crippen LogP contribution is 2.46. The van der Waals surface area contributed by atoms with Gasteiger partial charge in [-0.05, 0) is 27.7 Å². The molecule has 1 atom stereocenters. The Bertz CT molecular complexity index is 506. The average Bonchev–Trinajstić information content (AvgIpc) is 2.51. The third-order valence-corrected chi connectivity index (χ3v) is 3.12. The van der Waals surface area contributed by atoms with Gasteiger partial charge in [0.1, 0.15) is 16.7 Å². The second kappa shape index (κ2) is 5.48. The Morgan fingerprint density at radius 1 is 1.32 bits per heavy atom. The smallest absolute Gasteiger partial charge is 0.415 e. The van der Waals surface area contributed by atoms with Crippen LogP contribution in [-0.2, 0) is 9.53 Å². The first kappa shape index (κ1) is 18.3. The predicted molar refractivity (Wildman–Crippen MR) is 73.9 cm³/mol. The zero-order valence-electron chi connectivity index (χ0n) is 13.5. The Morgan fingerprint density at radius 2 is 1.82 bits per heavy atom. The molecule has 1 rings (SSSR count). The van der Waals surface area contributed by atoms with Gasteiger partial charge in [0.05, 0.1) is 6.54 Å². The maximum atomic E-state index is 13.2. The number of carbonyl (C=O) groups excluding carboxylic acids is 2. The van der Waals surface area contributed by atoms with Gasteiger partial charge >= 0.3 is 12.3 Å². The van der Waals surface area contributed by atoms with Crippen LogP contribution >= 0.6 is 0 Å². The van der Waals surface area contributed by atoms with Crippen LogP contribution in [0.5, 0.6) is 0 Å². The molecule has 1 aliphatic heterocycles. The minimum Gasteiger partial charge on any atom is -0.443 e. The lowest BCUT2D eigenvalue weighted by molar-refractivity contribution is -0.209. The number of hydrogen-bond donors (Lipinski definition) is 0. The third-order valence-electron chi connectivity index (χ3n) is 3.12. The molecule has 8 heteroatoms. The van der Waals surface area contributed by atoms with E-state index in [1.807, 2.05) is 0 Å². The normalized spacial score (nSPS) is 24.9. The first-order valence-corrected chi connectivity index (χ1v) is 6.69. The van der Waals surface area contributed by atoms with Crippen LogP contribution in [0.2, 0.25) is 0 Å². The molecule has 1 aliphatic rings. The van der Waals surface area contributed by atoms with Gasteiger partial charge in [0.15, 0.2) is 5.78 Å². The zero-order valence-corrected chi connectivity index (χ0v) is 13.5. The molecule has 0 radical (unpaired) electrons. The number of rotatable bonds is 1. The maximum Gasteiger partial charge on any atom is 0.415 e. The molecule has 0 aromatic carbocycles. The van der Waals surface area contributed by atoms with Crippen molar-refractivity contribution in [2.75, 3.05) is 20.6 Å². The minimum atomic E-state index is -4.76. The summed E-state index contributed by atoms with van der Waals surface area (Å²) in [5.74, 6) is -1.14. The fourth-order valence-corrected chi connectivity index (χ4v) is 1.95. The van der Waals surface area contributed by atoms with Gasteiger partial charge in [-0.1, -0.05) is 0 Å². The molecule has 22 heavy (non-hydrogen) atoms. The molecule has 0 saturated carbocycles. The highest BCUT2D eigenvalue weighted by Gasteiger charge is 2.63. The molecule has 0 N–H and O–H groups in total. The molecule has 0 spiro atoms. The molecule has 0 bridgehead atoms. The largest absolute Gasteiger partial charge is 0.443 e. The lowest BCUT2D eigenvalue weighted by Crippen LogP contribution is -2.43. The summed E-state index contributed by atoms with van der Waals surface area (Å²) in [4.78, 5) is 26.5. The van der Waals surface area contributed by atoms with Gasteiger partial charge in [0.2, 0.25) is 0 Å². The standard InChI is InChI=1S/C14H21F3N2O3/c1-12(2,3)22-11(21)19-8-13(4,14(15,16)17)10(20)9(19)7-18(5)6/h7H,8H2,1-6H3/b9-7-. The molecule has 1 heterocycles. The van der Waals surface area contributed by atoms with Crippen molar-refractivity contribution in [1.29, 1.82) is 0 Å². The summed E-state index contributed by atoms with van der Waals surface area (Å²) in [7, 11) is 3.10. The van der Waals surface area contributed by atoms with Gasteiger partial charge in [-0.25, -0.2) is 4.79 Å². The zero-order chi connectivity index (χ0) is 17.5. The lowest BCUT2D eigenvalue weighted by Gasteiger charge is -2.27. The van der Waals surface area contributed by atoms with E-state index in [1.54, 1.807) is 34.9 Å². The number of ether oxygens (including phenoxy) is 1. The number of halogens is 3. The first-order chi connectivity index (χ1) is 9.69. The average molecular weight is 322 g/mol. The highest BCUT2D eigenvalue weighted by molar-refractivity contribution is 6.05. The summed E-state index contributed by atoms with van der Waals surface area (Å²) in [6.45, 7) is 4.80. The van der Waals surface area contributed by atoms with Crippen LogP contribution in [-0.4, -0.2) is 54.1 Å². The summed E-state index contributed by atoms with van der Waals surface area (Å²) in [6, 6.07) is 0. The molecule has 126 valence electrons. The van der Waals surface area contributed by atoms with Crippen LogP contribution < -0.4 is 0 Å². The van der Waals surface area contributed by atoms with E-state index in [2.05, 4.69) is 0 Å². The Kier molecular flexibility index (Phi) is 4.56. The van der Waals surface area contributed by atoms with E-state index in [9.17, 15) is 22.8 Å². The Balaban J connectivity index is 3.26. The summed E-state index contributed by atoms with van der Waals surface area (Å²) >= 11 is 0. The van der Waals surface area contributed by atoms with Crippen LogP contribution in [0.25, 0.3) is 0 Å². The molecular formula is C14H21F3N2O3. The maximum absolute atomic E-state index is 13.2. The van der Waals surface area contributed by atoms with E-state index in [-0.39, 0.29) is 5.70 Å². The van der Waals surface area contributed by atoms with E-state index < -0.39 is 35.6 Å². The number of ketones is 1. The number of Topliss-reactive ketones (excluding diaryl/α,β-unsaturated/α-hetero) is 1. The van der Waals surface area contributed by atoms with Crippen LogP contribution in [0.4, 0.5) is 18.0 Å². The van der Waals surface area contributed by atoms with E-state index in [0.717, 1.165) is 11.8 Å². The number of allylic oxidation sites excluding steroid dienone is 1. The molecular weight excluding hydrogens is 301 g/mol. The van der Waals surface area contributed by atoms with Crippen molar-refractivity contribution in [3.63, 3.8) is 0 Å². The minimum absolute atomic E-state index is 0.320. The Morgan fingerprint density at radius 3 is 2.18 bits per heavy atom. The lowest BCUT2D eigenvalue weighted by atomic mass is 9.87. The number of carbonyl (C=O) groups is 2. The van der Waals surface area contributed by atoms with E-state index in [0.29, 0.717) is 0 Å². The molecule has 0 aromatic heterocycles. The summed E-state index contributed by atoms with van der Waals surface area (Å²) in [6.07, 6.45) is -4.53. The molecule has 5 nitrogen and oxygen atoms in total. The summed E-state index contributed by atoms with van der Waals surface area (Å²) in [5.41, 5.74) is -3.83. The van der Waals surface area contributed by atoms with Gasteiger partial charge in [0, 0.05) is 20.3 Å². The van der Waals surface area contributed by atoms with Crippen molar-refractivity contribution < 1.29 is 27.5 Å². The number of likely N-dealkylation sites (tertiary alicyclic amines) is 1. The van der Waals surface area contributed by atoms with Crippen molar-refractivity contribution >= 4 is 11.9 Å². The fourth-order valence-electron chi connectivity index (χ4n) is 1.95. The predicted octanol–water partition coefficient (Wildman–Crippen LogP) is 2.78. The van der Waals surface area contributed by atoms with Gasteiger partial charge in [-0.15, -0.1) is 0 Å². The highest BCUT2D eigenvalue weighted by atomic mass is 19.4. The Hall–Kier alpha value is -1.73. The molecule has 1 unspecified atom stereocenters. The van der Waals surface area contributed by atoms with Crippen LogP contribution in [0.15, 0.2) is 11.9 Å². The number of alkyl halides is 3. The number of hydrogen-bond acceptors (Lipinski definition) is 4. The van der Waals surface area contributed by atoms with Crippen LogP contribution in [0, 0.1) is 5.41 Å². The second-order valence-electron chi connectivity index (χ2n) is 6.70. The second-order valence-corrected chi connectivity index (χ2v) is 6.70. The van der Waals surface area contributed by atoms with E-state index >= 15 is 0 Å². The van der Waals surface area contributed by atoms with E-state index in [1.165, 1.54) is 11.1 Å². The molecule has 1 amide bonds. The van der Waals surface area contributed by atoms with Crippen LogP contribution in [0.1, 0.15) is 27.7 Å². The number of amides is 1. The van der Waals surface area contributed by atoms with Gasteiger partial charge < -0.3 is 9.64 Å². The Labute approximate surface area is 127 Å². The van der Waals surface area contributed by atoms with Crippen molar-refractivity contribution in [2.45, 2.75) is 39.5 Å². The number of nitrogens with zero attached hydrogens (tertiary/aromatic N) is 2. The van der Waals surface area contributed by atoms with E-state index in [4.69, 9.17) is 4.74 Å². The fraction of sp³-hybridized carbons (Fsp3) is 0.714. The van der Waals surface area contributed by atoms with Crippen LogP contribution in [0.3, 0.4) is 0 Å². The molecule has 1 fully saturated rings. The topological polar surface area (TPSA) is 49.9 Å². The van der Waals surface area contributed by atoms with Gasteiger partial charge in [-0.2, -0.15) is 13.2 Å². The van der Waals surface area contributed by atoms with Gasteiger partial charge in [0.25, 0.3) is 0 Å². The molecule has 1 saturated heterocycles. The quantitative estimate of drug-likeness (QED) is 0.697. The van der Waals surface area contributed by atoms with Crippen molar-refractivity contribution in [2.24, 2.45) is 5.41 Å². The SMILES string of the molecule is CN(C)/C=C1/C(=O)C(C)(C(F)(F)F)CN1C(=O)OC(C)(C)C. The molecule has 0 aromatic rings. The monoisotopic (exact) mass is 322 g/mol. The van der Waals surface area contributed by atoms with Crippen molar-refractivity contribution in [3.8, 4) is 0 Å². The summed E-state index contributed by atoms with van der Waals surface area (Å²) in [5, 5.41) is 0. The summed E-state index contributed by atoms with van der Waals surface area (Å²) < 4.78 is 44.8.